The molecule has 0 spiro atoms. The lowest BCUT2D eigenvalue weighted by Gasteiger charge is -2.25. The Kier molecular flexibility index (Phi) is 3.56. The van der Waals surface area contributed by atoms with Crippen LogP contribution in [0.1, 0.15) is 29.3 Å². The molecule has 1 aromatic carbocycles. The quantitative estimate of drug-likeness (QED) is 0.947. The van der Waals surface area contributed by atoms with Gasteiger partial charge >= 0.3 is 0 Å². The van der Waals surface area contributed by atoms with Crippen LogP contribution >= 0.6 is 0 Å². The summed E-state index contributed by atoms with van der Waals surface area (Å²) in [6.45, 7) is 4.71. The zero-order valence-corrected chi connectivity index (χ0v) is 13.4. The van der Waals surface area contributed by atoms with E-state index in [9.17, 15) is 4.79 Å². The van der Waals surface area contributed by atoms with Gasteiger partial charge in [-0.05, 0) is 31.2 Å². The van der Waals surface area contributed by atoms with E-state index in [2.05, 4.69) is 41.6 Å². The van der Waals surface area contributed by atoms with E-state index in [1.54, 1.807) is 6.20 Å². The first kappa shape index (κ1) is 14.3. The number of likely N-dealkylation sites (tertiary alicyclic amines) is 1. The van der Waals surface area contributed by atoms with Gasteiger partial charge in [0, 0.05) is 19.1 Å². The standard InChI is InChI=1S/C18H22N4O/c1-13-15(11-14-5-3-2-4-6-14)7-9-21(13)18(23)16-12-20-22-10-8-19-17(16)22/h2-6,12-13,15,19H,7-11H2,1H3. The van der Waals surface area contributed by atoms with Crippen LogP contribution in [0.3, 0.4) is 0 Å². The van der Waals surface area contributed by atoms with E-state index in [1.807, 2.05) is 15.6 Å². The minimum atomic E-state index is 0.115. The average Bonchev–Trinajstić information content (AvgIpc) is 3.25. The number of anilines is 1. The second-order valence-corrected chi connectivity index (χ2v) is 6.53. The molecular weight excluding hydrogens is 288 g/mol. The summed E-state index contributed by atoms with van der Waals surface area (Å²) in [6, 6.07) is 10.8. The number of amides is 1. The van der Waals surface area contributed by atoms with Crippen molar-refractivity contribution in [3.8, 4) is 0 Å². The van der Waals surface area contributed by atoms with Gasteiger partial charge in [0.1, 0.15) is 11.4 Å². The van der Waals surface area contributed by atoms with Gasteiger partial charge in [-0.2, -0.15) is 5.10 Å². The molecule has 1 fully saturated rings. The Hall–Kier alpha value is -2.30. The summed E-state index contributed by atoms with van der Waals surface area (Å²) in [7, 11) is 0. The predicted molar refractivity (Wildman–Crippen MR) is 89.5 cm³/mol. The molecule has 23 heavy (non-hydrogen) atoms. The van der Waals surface area contributed by atoms with Crippen molar-refractivity contribution >= 4 is 11.7 Å². The van der Waals surface area contributed by atoms with E-state index >= 15 is 0 Å². The van der Waals surface area contributed by atoms with Crippen molar-refractivity contribution < 1.29 is 4.79 Å². The minimum absolute atomic E-state index is 0.115. The smallest absolute Gasteiger partial charge is 0.259 e. The first-order valence-corrected chi connectivity index (χ1v) is 8.38. The average molecular weight is 310 g/mol. The maximum Gasteiger partial charge on any atom is 0.259 e. The van der Waals surface area contributed by atoms with Crippen LogP contribution in [-0.2, 0) is 13.0 Å². The Morgan fingerprint density at radius 2 is 2.13 bits per heavy atom. The maximum absolute atomic E-state index is 12.9. The molecule has 1 aromatic heterocycles. The highest BCUT2D eigenvalue weighted by Gasteiger charge is 2.36. The number of rotatable bonds is 3. The fourth-order valence-electron chi connectivity index (χ4n) is 3.81. The lowest BCUT2D eigenvalue weighted by molar-refractivity contribution is 0.0733. The molecule has 3 heterocycles. The summed E-state index contributed by atoms with van der Waals surface area (Å²) < 4.78 is 1.88. The summed E-state index contributed by atoms with van der Waals surface area (Å²) in [5.41, 5.74) is 2.07. The highest BCUT2D eigenvalue weighted by atomic mass is 16.2. The van der Waals surface area contributed by atoms with Gasteiger partial charge in [0.25, 0.3) is 5.91 Å². The Bertz CT molecular complexity index is 709. The summed E-state index contributed by atoms with van der Waals surface area (Å²) in [6.07, 6.45) is 3.82. The van der Waals surface area contributed by atoms with E-state index in [0.29, 0.717) is 5.92 Å². The van der Waals surface area contributed by atoms with Crippen molar-refractivity contribution in [3.63, 3.8) is 0 Å². The van der Waals surface area contributed by atoms with Crippen LogP contribution < -0.4 is 5.32 Å². The molecule has 4 rings (SSSR count). The van der Waals surface area contributed by atoms with Gasteiger partial charge in [0.2, 0.25) is 0 Å². The van der Waals surface area contributed by atoms with Gasteiger partial charge in [0.15, 0.2) is 0 Å². The second kappa shape index (κ2) is 5.72. The number of benzene rings is 1. The van der Waals surface area contributed by atoms with Crippen molar-refractivity contribution in [2.75, 3.05) is 18.4 Å². The van der Waals surface area contributed by atoms with Crippen molar-refractivity contribution in [1.82, 2.24) is 14.7 Å². The zero-order valence-electron chi connectivity index (χ0n) is 13.4. The molecule has 2 aliphatic heterocycles. The van der Waals surface area contributed by atoms with Crippen molar-refractivity contribution in [2.24, 2.45) is 5.92 Å². The van der Waals surface area contributed by atoms with E-state index in [4.69, 9.17) is 0 Å². The molecule has 0 saturated carbocycles. The predicted octanol–water partition coefficient (Wildman–Crippen LogP) is 2.40. The normalized spacial score (nSPS) is 22.9. The molecule has 5 heteroatoms. The van der Waals surface area contributed by atoms with Crippen LogP contribution in [-0.4, -0.2) is 39.7 Å². The van der Waals surface area contributed by atoms with Crippen LogP contribution in [0.25, 0.3) is 0 Å². The Balaban J connectivity index is 1.49. The third-order valence-electron chi connectivity index (χ3n) is 5.20. The largest absolute Gasteiger partial charge is 0.368 e. The van der Waals surface area contributed by atoms with Gasteiger partial charge in [-0.1, -0.05) is 30.3 Å². The number of carbonyl (C=O) groups is 1. The van der Waals surface area contributed by atoms with Crippen LogP contribution in [0, 0.1) is 5.92 Å². The topological polar surface area (TPSA) is 50.2 Å². The molecular formula is C18H22N4O. The van der Waals surface area contributed by atoms with E-state index < -0.39 is 0 Å². The number of hydrogen-bond donors (Lipinski definition) is 1. The fourth-order valence-corrected chi connectivity index (χ4v) is 3.81. The highest BCUT2D eigenvalue weighted by Crippen LogP contribution is 2.30. The van der Waals surface area contributed by atoms with E-state index in [-0.39, 0.29) is 11.9 Å². The number of nitrogens with one attached hydrogen (secondary N) is 1. The van der Waals surface area contributed by atoms with Crippen molar-refractivity contribution in [3.05, 3.63) is 47.7 Å². The molecule has 0 bridgehead atoms. The van der Waals surface area contributed by atoms with E-state index in [0.717, 1.165) is 43.9 Å². The number of aromatic nitrogens is 2. The minimum Gasteiger partial charge on any atom is -0.368 e. The van der Waals surface area contributed by atoms with Crippen LogP contribution in [0.2, 0.25) is 0 Å². The van der Waals surface area contributed by atoms with Gasteiger partial charge < -0.3 is 10.2 Å². The first-order chi connectivity index (χ1) is 11.2. The SMILES string of the molecule is CC1C(Cc2ccccc2)CCN1C(=O)c1cnn2c1NCC2. The lowest BCUT2D eigenvalue weighted by atomic mass is 9.93. The van der Waals surface area contributed by atoms with Crippen LogP contribution in [0.15, 0.2) is 36.5 Å². The Morgan fingerprint density at radius 3 is 2.96 bits per heavy atom. The highest BCUT2D eigenvalue weighted by molar-refractivity contribution is 5.99. The van der Waals surface area contributed by atoms with Crippen LogP contribution in [0.5, 0.6) is 0 Å². The van der Waals surface area contributed by atoms with Crippen molar-refractivity contribution in [2.45, 2.75) is 32.4 Å². The molecule has 2 atom stereocenters. The second-order valence-electron chi connectivity index (χ2n) is 6.53. The molecule has 0 radical (unpaired) electrons. The molecule has 1 N–H and O–H groups in total. The molecule has 1 amide bonds. The molecule has 5 nitrogen and oxygen atoms in total. The summed E-state index contributed by atoms with van der Waals surface area (Å²) in [4.78, 5) is 14.9. The third-order valence-corrected chi connectivity index (χ3v) is 5.20. The molecule has 2 unspecified atom stereocenters. The maximum atomic E-state index is 12.9. The van der Waals surface area contributed by atoms with E-state index in [1.165, 1.54) is 5.56 Å². The molecule has 2 aromatic rings. The summed E-state index contributed by atoms with van der Waals surface area (Å²) in [5, 5.41) is 7.58. The summed E-state index contributed by atoms with van der Waals surface area (Å²) >= 11 is 0. The lowest BCUT2D eigenvalue weighted by Crippen LogP contribution is -2.36. The number of hydrogen-bond acceptors (Lipinski definition) is 3. The van der Waals surface area contributed by atoms with Gasteiger partial charge in [-0.3, -0.25) is 4.79 Å². The summed E-state index contributed by atoms with van der Waals surface area (Å²) in [5.74, 6) is 1.52. The molecule has 120 valence electrons. The number of nitrogens with zero attached hydrogens (tertiary/aromatic N) is 3. The van der Waals surface area contributed by atoms with Gasteiger partial charge in [-0.15, -0.1) is 0 Å². The van der Waals surface area contributed by atoms with Crippen molar-refractivity contribution in [1.29, 1.82) is 0 Å². The Labute approximate surface area is 136 Å². The molecule has 0 aliphatic carbocycles. The monoisotopic (exact) mass is 310 g/mol. The van der Waals surface area contributed by atoms with Crippen LogP contribution in [0.4, 0.5) is 5.82 Å². The fraction of sp³-hybridized carbons (Fsp3) is 0.444. The Morgan fingerprint density at radius 1 is 1.30 bits per heavy atom. The number of carbonyl (C=O) groups excluding carboxylic acids is 1. The first-order valence-electron chi connectivity index (χ1n) is 8.38. The third kappa shape index (κ3) is 2.50. The molecule has 2 aliphatic rings. The van der Waals surface area contributed by atoms with Gasteiger partial charge in [-0.25, -0.2) is 4.68 Å². The number of fused-ring (bicyclic) bond motifs is 1. The molecule has 1 saturated heterocycles. The van der Waals surface area contributed by atoms with Gasteiger partial charge in [0.05, 0.1) is 12.7 Å². The zero-order chi connectivity index (χ0) is 15.8.